The highest BCUT2D eigenvalue weighted by atomic mass is 16.4. The van der Waals surface area contributed by atoms with Crippen LogP contribution in [0.15, 0.2) is 6.07 Å². The molecule has 0 saturated heterocycles. The summed E-state index contributed by atoms with van der Waals surface area (Å²) in [6, 6.07) is 1.46. The van der Waals surface area contributed by atoms with Crippen molar-refractivity contribution in [3.8, 4) is 0 Å². The van der Waals surface area contributed by atoms with E-state index >= 15 is 0 Å². The molecule has 0 aliphatic heterocycles. The van der Waals surface area contributed by atoms with Crippen molar-refractivity contribution in [3.05, 3.63) is 17.6 Å². The number of nitrogen functional groups attached to an aromatic ring is 1. The van der Waals surface area contributed by atoms with Gasteiger partial charge in [-0.1, -0.05) is 0 Å². The van der Waals surface area contributed by atoms with Crippen LogP contribution in [-0.2, 0) is 11.2 Å². The summed E-state index contributed by atoms with van der Waals surface area (Å²) in [6.45, 7) is 1.67. The molecule has 5 heteroatoms. The summed E-state index contributed by atoms with van der Waals surface area (Å²) in [6.07, 6.45) is -0.118. The lowest BCUT2D eigenvalue weighted by molar-refractivity contribution is -0.136. The lowest BCUT2D eigenvalue weighted by Gasteiger charge is -1.99. The van der Waals surface area contributed by atoms with E-state index in [-0.39, 0.29) is 6.42 Å². The van der Waals surface area contributed by atoms with Crippen molar-refractivity contribution >= 4 is 11.8 Å². The minimum absolute atomic E-state index is 0.118. The fourth-order valence-electron chi connectivity index (χ4n) is 0.900. The van der Waals surface area contributed by atoms with Crippen LogP contribution in [0, 0.1) is 6.92 Å². The first-order chi connectivity index (χ1) is 5.58. The molecular formula is C7H9N3O2. The van der Waals surface area contributed by atoms with Crippen molar-refractivity contribution in [1.82, 2.24) is 9.97 Å². The Morgan fingerprint density at radius 3 is 2.83 bits per heavy atom. The fraction of sp³-hybridized carbons (Fsp3) is 0.286. The summed E-state index contributed by atoms with van der Waals surface area (Å²) in [5.41, 5.74) is 5.83. The number of rotatable bonds is 2. The number of carboxylic acid groups (broad SMARTS) is 1. The quantitative estimate of drug-likeness (QED) is 0.646. The molecule has 1 aromatic rings. The van der Waals surface area contributed by atoms with Gasteiger partial charge in [0.15, 0.2) is 0 Å². The maximum Gasteiger partial charge on any atom is 0.309 e. The predicted octanol–water partition coefficient (Wildman–Crippen LogP) is -0.00568. The Labute approximate surface area is 69.3 Å². The fourth-order valence-corrected chi connectivity index (χ4v) is 0.900. The van der Waals surface area contributed by atoms with E-state index in [0.29, 0.717) is 17.3 Å². The first-order valence-electron chi connectivity index (χ1n) is 3.40. The number of aliphatic carboxylic acids is 1. The monoisotopic (exact) mass is 167 g/mol. The second-order valence-electron chi connectivity index (χ2n) is 2.40. The number of nitrogens with zero attached hydrogens (tertiary/aromatic N) is 2. The number of aromatic nitrogens is 2. The van der Waals surface area contributed by atoms with Gasteiger partial charge in [-0.25, -0.2) is 9.97 Å². The molecule has 1 rings (SSSR count). The molecule has 0 aromatic carbocycles. The summed E-state index contributed by atoms with van der Waals surface area (Å²) in [7, 11) is 0. The number of carbonyl (C=O) groups is 1. The van der Waals surface area contributed by atoms with Gasteiger partial charge < -0.3 is 10.8 Å². The number of hydrogen-bond donors (Lipinski definition) is 2. The third-order valence-electron chi connectivity index (χ3n) is 1.24. The van der Waals surface area contributed by atoms with Gasteiger partial charge in [-0.2, -0.15) is 0 Å². The van der Waals surface area contributed by atoms with E-state index in [9.17, 15) is 4.79 Å². The zero-order chi connectivity index (χ0) is 9.14. The highest BCUT2D eigenvalue weighted by molar-refractivity contribution is 5.69. The number of anilines is 1. The van der Waals surface area contributed by atoms with E-state index in [1.165, 1.54) is 6.07 Å². The average Bonchev–Trinajstić information content (AvgIpc) is 1.81. The molecule has 0 saturated carbocycles. The molecule has 0 atom stereocenters. The second kappa shape index (κ2) is 3.17. The van der Waals surface area contributed by atoms with Crippen LogP contribution in [0.2, 0.25) is 0 Å². The minimum atomic E-state index is -0.924. The zero-order valence-electron chi connectivity index (χ0n) is 6.61. The summed E-state index contributed by atoms with van der Waals surface area (Å²) in [5.74, 6) is -0.127. The Morgan fingerprint density at radius 1 is 1.67 bits per heavy atom. The van der Waals surface area contributed by atoms with Crippen LogP contribution in [0.1, 0.15) is 11.5 Å². The molecule has 0 aliphatic carbocycles. The van der Waals surface area contributed by atoms with Gasteiger partial charge in [0.05, 0.1) is 12.1 Å². The Morgan fingerprint density at radius 2 is 2.33 bits per heavy atom. The predicted molar refractivity (Wildman–Crippen MR) is 42.5 cm³/mol. The van der Waals surface area contributed by atoms with E-state index in [1.54, 1.807) is 6.92 Å². The second-order valence-corrected chi connectivity index (χ2v) is 2.40. The first-order valence-corrected chi connectivity index (χ1v) is 3.40. The summed E-state index contributed by atoms with van der Waals surface area (Å²) in [4.78, 5) is 18.0. The lowest BCUT2D eigenvalue weighted by Crippen LogP contribution is -2.05. The van der Waals surface area contributed by atoms with Crippen LogP contribution in [0.25, 0.3) is 0 Å². The van der Waals surface area contributed by atoms with Gasteiger partial charge in [-0.3, -0.25) is 4.79 Å². The maximum absolute atomic E-state index is 10.3. The molecule has 1 heterocycles. The minimum Gasteiger partial charge on any atom is -0.481 e. The van der Waals surface area contributed by atoms with Crippen LogP contribution in [0.3, 0.4) is 0 Å². The van der Waals surface area contributed by atoms with Gasteiger partial charge in [-0.05, 0) is 6.92 Å². The van der Waals surface area contributed by atoms with Crippen molar-refractivity contribution in [1.29, 1.82) is 0 Å². The van der Waals surface area contributed by atoms with E-state index in [2.05, 4.69) is 9.97 Å². The number of carboxylic acids is 1. The highest BCUT2D eigenvalue weighted by Gasteiger charge is 2.03. The number of aryl methyl sites for hydroxylation is 1. The molecule has 0 fully saturated rings. The molecule has 0 unspecified atom stereocenters. The largest absolute Gasteiger partial charge is 0.481 e. The summed E-state index contributed by atoms with van der Waals surface area (Å²) >= 11 is 0. The molecule has 0 amide bonds. The molecule has 0 aliphatic rings. The van der Waals surface area contributed by atoms with Crippen molar-refractivity contribution in [2.24, 2.45) is 0 Å². The van der Waals surface area contributed by atoms with E-state index in [1.807, 2.05) is 0 Å². The van der Waals surface area contributed by atoms with Gasteiger partial charge in [0, 0.05) is 6.07 Å². The first kappa shape index (κ1) is 8.45. The zero-order valence-corrected chi connectivity index (χ0v) is 6.61. The van der Waals surface area contributed by atoms with Gasteiger partial charge in [0.1, 0.15) is 11.6 Å². The summed E-state index contributed by atoms with van der Waals surface area (Å²) < 4.78 is 0. The number of hydrogen-bond acceptors (Lipinski definition) is 4. The van der Waals surface area contributed by atoms with Gasteiger partial charge in [0.2, 0.25) is 0 Å². The molecular weight excluding hydrogens is 158 g/mol. The maximum atomic E-state index is 10.3. The number of nitrogens with two attached hydrogens (primary N) is 1. The van der Waals surface area contributed by atoms with Crippen molar-refractivity contribution < 1.29 is 9.90 Å². The third kappa shape index (κ3) is 2.19. The normalized spacial score (nSPS) is 9.75. The van der Waals surface area contributed by atoms with Gasteiger partial charge >= 0.3 is 5.97 Å². The van der Waals surface area contributed by atoms with Crippen LogP contribution in [0.4, 0.5) is 5.82 Å². The Kier molecular flexibility index (Phi) is 2.23. The standard InChI is InChI=1S/C7H9N3O2/c1-4-9-5(3-7(11)12)2-6(8)10-4/h2H,3H2,1H3,(H,11,12)(H2,8,9,10). The lowest BCUT2D eigenvalue weighted by atomic mass is 10.3. The molecule has 5 nitrogen and oxygen atoms in total. The molecule has 0 radical (unpaired) electrons. The average molecular weight is 167 g/mol. The van der Waals surface area contributed by atoms with Crippen molar-refractivity contribution in [3.63, 3.8) is 0 Å². The molecule has 0 bridgehead atoms. The highest BCUT2D eigenvalue weighted by Crippen LogP contribution is 2.02. The molecule has 64 valence electrons. The van der Waals surface area contributed by atoms with Crippen LogP contribution < -0.4 is 5.73 Å². The van der Waals surface area contributed by atoms with Crippen LogP contribution >= 0.6 is 0 Å². The Bertz CT molecular complexity index is 291. The van der Waals surface area contributed by atoms with Crippen molar-refractivity contribution in [2.45, 2.75) is 13.3 Å². The van der Waals surface area contributed by atoms with Crippen molar-refractivity contribution in [2.75, 3.05) is 5.73 Å². The van der Waals surface area contributed by atoms with E-state index in [4.69, 9.17) is 10.8 Å². The smallest absolute Gasteiger partial charge is 0.309 e. The van der Waals surface area contributed by atoms with Crippen LogP contribution in [0.5, 0.6) is 0 Å². The molecule has 1 aromatic heterocycles. The summed E-state index contributed by atoms with van der Waals surface area (Å²) in [5, 5.41) is 8.45. The topological polar surface area (TPSA) is 89.1 Å². The van der Waals surface area contributed by atoms with E-state index < -0.39 is 5.97 Å². The molecule has 0 spiro atoms. The molecule has 3 N–H and O–H groups in total. The van der Waals surface area contributed by atoms with Gasteiger partial charge in [-0.15, -0.1) is 0 Å². The van der Waals surface area contributed by atoms with Gasteiger partial charge in [0.25, 0.3) is 0 Å². The molecule has 12 heavy (non-hydrogen) atoms. The van der Waals surface area contributed by atoms with Crippen LogP contribution in [-0.4, -0.2) is 21.0 Å². The third-order valence-corrected chi connectivity index (χ3v) is 1.24. The van der Waals surface area contributed by atoms with E-state index in [0.717, 1.165) is 0 Å². The Hall–Kier alpha value is -1.65. The Balaban J connectivity index is 2.93. The SMILES string of the molecule is Cc1nc(N)cc(CC(=O)O)n1.